The number of nitrogens with two attached hydrogens (primary N) is 1. The summed E-state index contributed by atoms with van der Waals surface area (Å²) in [4.78, 5) is 1.93. The second kappa shape index (κ2) is 5.58. The molecule has 4 heteroatoms. The molecule has 0 aromatic heterocycles. The van der Waals surface area contributed by atoms with Gasteiger partial charge in [0.1, 0.15) is 5.75 Å². The monoisotopic (exact) mass is 210 g/mol. The van der Waals surface area contributed by atoms with Crippen LogP contribution in [-0.2, 0) is 0 Å². The lowest BCUT2D eigenvalue weighted by Gasteiger charge is -2.28. The molecule has 0 aliphatic heterocycles. The van der Waals surface area contributed by atoms with Crippen molar-refractivity contribution in [1.29, 1.82) is 0 Å². The number of ether oxygens (including phenoxy) is 1. The molecule has 1 aromatic rings. The van der Waals surface area contributed by atoms with Crippen molar-refractivity contribution < 1.29 is 9.84 Å². The van der Waals surface area contributed by atoms with E-state index >= 15 is 0 Å². The zero-order valence-electron chi connectivity index (χ0n) is 9.18. The van der Waals surface area contributed by atoms with Gasteiger partial charge in [0.2, 0.25) is 0 Å². The number of para-hydroxylation sites is 2. The van der Waals surface area contributed by atoms with Crippen LogP contribution in [-0.4, -0.2) is 38.5 Å². The molecule has 3 N–H and O–H groups in total. The maximum atomic E-state index is 9.16. The third-order valence-electron chi connectivity index (χ3n) is 2.50. The van der Waals surface area contributed by atoms with E-state index in [2.05, 4.69) is 0 Å². The Morgan fingerprint density at radius 2 is 2.13 bits per heavy atom. The van der Waals surface area contributed by atoms with Crippen molar-refractivity contribution in [3.05, 3.63) is 24.3 Å². The van der Waals surface area contributed by atoms with Crippen molar-refractivity contribution in [1.82, 2.24) is 0 Å². The van der Waals surface area contributed by atoms with Crippen LogP contribution in [0, 0.1) is 0 Å². The number of benzene rings is 1. The number of hydrogen-bond donors (Lipinski definition) is 2. The van der Waals surface area contributed by atoms with Crippen molar-refractivity contribution in [3.8, 4) is 5.75 Å². The zero-order valence-corrected chi connectivity index (χ0v) is 9.18. The number of rotatable bonds is 5. The van der Waals surface area contributed by atoms with Crippen LogP contribution in [0.5, 0.6) is 5.75 Å². The number of aliphatic hydroxyl groups is 1. The van der Waals surface area contributed by atoms with Crippen molar-refractivity contribution in [2.75, 3.05) is 32.2 Å². The molecule has 1 rings (SSSR count). The Bertz CT molecular complexity index is 300. The van der Waals surface area contributed by atoms with Crippen LogP contribution in [0.2, 0.25) is 0 Å². The lowest BCUT2D eigenvalue weighted by molar-refractivity contribution is 0.264. The van der Waals surface area contributed by atoms with Crippen molar-refractivity contribution in [2.24, 2.45) is 5.73 Å². The molecule has 0 saturated heterocycles. The quantitative estimate of drug-likeness (QED) is 0.741. The van der Waals surface area contributed by atoms with Gasteiger partial charge in [0.25, 0.3) is 0 Å². The van der Waals surface area contributed by atoms with E-state index in [1.807, 2.05) is 36.2 Å². The summed E-state index contributed by atoms with van der Waals surface area (Å²) in [6, 6.07) is 7.58. The first-order valence-corrected chi connectivity index (χ1v) is 4.91. The highest BCUT2D eigenvalue weighted by atomic mass is 16.5. The molecule has 1 unspecified atom stereocenters. The molecular formula is C11H18N2O2. The molecule has 84 valence electrons. The Labute approximate surface area is 90.3 Å². The number of likely N-dealkylation sites (N-methyl/N-ethyl adjacent to an activating group) is 1. The normalized spacial score (nSPS) is 12.3. The molecule has 1 atom stereocenters. The maximum absolute atomic E-state index is 9.16. The smallest absolute Gasteiger partial charge is 0.142 e. The van der Waals surface area contributed by atoms with E-state index in [9.17, 15) is 0 Å². The van der Waals surface area contributed by atoms with Gasteiger partial charge in [-0.3, -0.25) is 0 Å². The second-order valence-corrected chi connectivity index (χ2v) is 3.35. The van der Waals surface area contributed by atoms with Gasteiger partial charge in [-0.15, -0.1) is 0 Å². The molecule has 0 spiro atoms. The molecule has 0 saturated carbocycles. The highest BCUT2D eigenvalue weighted by Crippen LogP contribution is 2.27. The summed E-state index contributed by atoms with van der Waals surface area (Å²) in [7, 11) is 3.52. The first-order chi connectivity index (χ1) is 7.24. The van der Waals surface area contributed by atoms with E-state index in [-0.39, 0.29) is 12.6 Å². The first kappa shape index (κ1) is 11.8. The van der Waals surface area contributed by atoms with Gasteiger partial charge in [-0.2, -0.15) is 0 Å². The third-order valence-corrected chi connectivity index (χ3v) is 2.50. The van der Waals surface area contributed by atoms with Gasteiger partial charge in [-0.05, 0) is 12.1 Å². The number of hydrogen-bond acceptors (Lipinski definition) is 4. The standard InChI is InChI=1S/C11H18N2O2/c1-13(9(7-12)8-14)10-5-3-4-6-11(10)15-2/h3-6,9,14H,7-8,12H2,1-2H3. The third kappa shape index (κ3) is 2.61. The van der Waals surface area contributed by atoms with Gasteiger partial charge in [-0.25, -0.2) is 0 Å². The van der Waals surface area contributed by atoms with E-state index in [1.165, 1.54) is 0 Å². The molecule has 0 fully saturated rings. The summed E-state index contributed by atoms with van der Waals surface area (Å²) >= 11 is 0. The van der Waals surface area contributed by atoms with E-state index in [1.54, 1.807) is 7.11 Å². The molecule has 0 heterocycles. The molecule has 0 aliphatic carbocycles. The summed E-state index contributed by atoms with van der Waals surface area (Å²) in [6.07, 6.45) is 0. The van der Waals surface area contributed by atoms with Crippen LogP contribution in [0.3, 0.4) is 0 Å². The lowest BCUT2D eigenvalue weighted by Crippen LogP contribution is -2.40. The molecule has 0 bridgehead atoms. The fraction of sp³-hybridized carbons (Fsp3) is 0.455. The number of methoxy groups -OCH3 is 1. The van der Waals surface area contributed by atoms with Gasteiger partial charge < -0.3 is 20.5 Å². The predicted octanol–water partition coefficient (Wildman–Crippen LogP) is 0.451. The van der Waals surface area contributed by atoms with Crippen LogP contribution in [0.25, 0.3) is 0 Å². The minimum atomic E-state index is -0.0821. The summed E-state index contributed by atoms with van der Waals surface area (Å²) in [6.45, 7) is 0.441. The van der Waals surface area contributed by atoms with E-state index < -0.39 is 0 Å². The van der Waals surface area contributed by atoms with Crippen molar-refractivity contribution >= 4 is 5.69 Å². The SMILES string of the molecule is COc1ccccc1N(C)C(CN)CO. The number of nitrogens with zero attached hydrogens (tertiary/aromatic N) is 1. The van der Waals surface area contributed by atoms with Crippen LogP contribution >= 0.6 is 0 Å². The van der Waals surface area contributed by atoms with Gasteiger partial charge in [0.05, 0.1) is 25.4 Å². The lowest BCUT2D eigenvalue weighted by atomic mass is 10.2. The fourth-order valence-corrected chi connectivity index (χ4v) is 1.47. The maximum Gasteiger partial charge on any atom is 0.142 e. The minimum Gasteiger partial charge on any atom is -0.495 e. The highest BCUT2D eigenvalue weighted by Gasteiger charge is 2.15. The van der Waals surface area contributed by atoms with Gasteiger partial charge in [0, 0.05) is 13.6 Å². The summed E-state index contributed by atoms with van der Waals surface area (Å²) < 4.78 is 5.24. The van der Waals surface area contributed by atoms with Crippen LogP contribution < -0.4 is 15.4 Å². The van der Waals surface area contributed by atoms with Gasteiger partial charge in [0.15, 0.2) is 0 Å². The topological polar surface area (TPSA) is 58.7 Å². The fourth-order valence-electron chi connectivity index (χ4n) is 1.47. The molecule has 4 nitrogen and oxygen atoms in total. The summed E-state index contributed by atoms with van der Waals surface area (Å²) in [5.74, 6) is 0.784. The van der Waals surface area contributed by atoms with Gasteiger partial charge >= 0.3 is 0 Å². The highest BCUT2D eigenvalue weighted by molar-refractivity contribution is 5.58. The molecular weight excluding hydrogens is 192 g/mol. The molecule has 0 amide bonds. The van der Waals surface area contributed by atoms with E-state index in [0.29, 0.717) is 6.54 Å². The average molecular weight is 210 g/mol. The van der Waals surface area contributed by atoms with Crippen LogP contribution in [0.15, 0.2) is 24.3 Å². The Hall–Kier alpha value is -1.26. The van der Waals surface area contributed by atoms with Crippen LogP contribution in [0.1, 0.15) is 0 Å². The van der Waals surface area contributed by atoms with Gasteiger partial charge in [-0.1, -0.05) is 12.1 Å². The molecule has 0 radical (unpaired) electrons. The van der Waals surface area contributed by atoms with E-state index in [0.717, 1.165) is 11.4 Å². The largest absolute Gasteiger partial charge is 0.495 e. The minimum absolute atomic E-state index is 0.0328. The Kier molecular flexibility index (Phi) is 4.39. The average Bonchev–Trinajstić information content (AvgIpc) is 2.30. The number of aliphatic hydroxyl groups excluding tert-OH is 1. The first-order valence-electron chi connectivity index (χ1n) is 4.91. The van der Waals surface area contributed by atoms with E-state index in [4.69, 9.17) is 15.6 Å². The van der Waals surface area contributed by atoms with Crippen molar-refractivity contribution in [2.45, 2.75) is 6.04 Å². The van der Waals surface area contributed by atoms with Crippen molar-refractivity contribution in [3.63, 3.8) is 0 Å². The predicted molar refractivity (Wildman–Crippen MR) is 61.3 cm³/mol. The Morgan fingerprint density at radius 1 is 1.47 bits per heavy atom. The Morgan fingerprint density at radius 3 is 2.67 bits per heavy atom. The Balaban J connectivity index is 2.93. The second-order valence-electron chi connectivity index (χ2n) is 3.35. The van der Waals surface area contributed by atoms with Crippen LogP contribution in [0.4, 0.5) is 5.69 Å². The zero-order chi connectivity index (χ0) is 11.3. The number of anilines is 1. The molecule has 15 heavy (non-hydrogen) atoms. The summed E-state index contributed by atoms with van der Waals surface area (Å²) in [5.41, 5.74) is 6.51. The summed E-state index contributed by atoms with van der Waals surface area (Å²) in [5, 5.41) is 9.16. The molecule has 0 aliphatic rings. The molecule has 1 aromatic carbocycles.